The molecule has 0 aliphatic carbocycles. The monoisotopic (exact) mass is 271 g/mol. The predicted octanol–water partition coefficient (Wildman–Crippen LogP) is 2.83. The average Bonchev–Trinajstić information content (AvgIpc) is 2.36. The first-order valence-electron chi connectivity index (χ1n) is 5.93. The van der Waals surface area contributed by atoms with E-state index in [2.05, 4.69) is 18.8 Å². The molecule has 0 radical (unpaired) electrons. The minimum Gasteiger partial charge on any atom is -0.493 e. The van der Waals surface area contributed by atoms with E-state index in [4.69, 9.17) is 9.47 Å². The Kier molecular flexibility index (Phi) is 9.15. The van der Waals surface area contributed by atoms with Gasteiger partial charge in [-0.25, -0.2) is 0 Å². The molecule has 18 heavy (non-hydrogen) atoms. The SMILES string of the molecule is C=CCc1ccc(OCCNCC)c(OC)c1.Cl. The molecular formula is C14H22ClNO2. The van der Waals surface area contributed by atoms with E-state index in [9.17, 15) is 0 Å². The van der Waals surface area contributed by atoms with Crippen molar-refractivity contribution in [3.05, 3.63) is 36.4 Å². The zero-order valence-corrected chi connectivity index (χ0v) is 11.9. The van der Waals surface area contributed by atoms with Crippen LogP contribution in [0.25, 0.3) is 0 Å². The molecule has 0 aliphatic heterocycles. The first-order valence-corrected chi connectivity index (χ1v) is 5.93. The highest BCUT2D eigenvalue weighted by Crippen LogP contribution is 2.28. The summed E-state index contributed by atoms with van der Waals surface area (Å²) < 4.78 is 11.0. The lowest BCUT2D eigenvalue weighted by Crippen LogP contribution is -2.20. The molecule has 0 bridgehead atoms. The van der Waals surface area contributed by atoms with Crippen molar-refractivity contribution in [1.82, 2.24) is 5.32 Å². The fourth-order valence-corrected chi connectivity index (χ4v) is 1.53. The molecule has 0 heterocycles. The lowest BCUT2D eigenvalue weighted by Gasteiger charge is -2.11. The van der Waals surface area contributed by atoms with Gasteiger partial charge in [0.25, 0.3) is 0 Å². The second-order valence-electron chi connectivity index (χ2n) is 3.68. The quantitative estimate of drug-likeness (QED) is 0.583. The van der Waals surface area contributed by atoms with Gasteiger partial charge in [-0.05, 0) is 30.7 Å². The van der Waals surface area contributed by atoms with Crippen molar-refractivity contribution in [2.24, 2.45) is 0 Å². The largest absolute Gasteiger partial charge is 0.493 e. The van der Waals surface area contributed by atoms with Crippen LogP contribution in [0.2, 0.25) is 0 Å². The maximum Gasteiger partial charge on any atom is 0.161 e. The van der Waals surface area contributed by atoms with Crippen molar-refractivity contribution in [3.8, 4) is 11.5 Å². The maximum absolute atomic E-state index is 5.65. The zero-order chi connectivity index (χ0) is 12.5. The van der Waals surface area contributed by atoms with E-state index in [1.54, 1.807) is 7.11 Å². The van der Waals surface area contributed by atoms with Gasteiger partial charge in [-0.2, -0.15) is 0 Å². The van der Waals surface area contributed by atoms with Crippen LogP contribution in [0.1, 0.15) is 12.5 Å². The van der Waals surface area contributed by atoms with Gasteiger partial charge in [0, 0.05) is 6.54 Å². The van der Waals surface area contributed by atoms with Crippen LogP contribution in [0.15, 0.2) is 30.9 Å². The van der Waals surface area contributed by atoms with Crippen LogP contribution < -0.4 is 14.8 Å². The summed E-state index contributed by atoms with van der Waals surface area (Å²) in [7, 11) is 1.66. The number of ether oxygens (including phenoxy) is 2. The molecule has 0 amide bonds. The molecule has 0 aliphatic rings. The Balaban J connectivity index is 0.00000289. The summed E-state index contributed by atoms with van der Waals surface area (Å²) in [6, 6.07) is 5.97. The third-order valence-corrected chi connectivity index (χ3v) is 2.39. The van der Waals surface area contributed by atoms with E-state index in [0.29, 0.717) is 6.61 Å². The highest BCUT2D eigenvalue weighted by Gasteiger charge is 2.04. The summed E-state index contributed by atoms with van der Waals surface area (Å²) in [5.41, 5.74) is 1.18. The van der Waals surface area contributed by atoms with Crippen LogP contribution in [0, 0.1) is 0 Å². The number of halogens is 1. The van der Waals surface area contributed by atoms with Crippen molar-refractivity contribution >= 4 is 12.4 Å². The Morgan fingerprint density at radius 2 is 2.11 bits per heavy atom. The van der Waals surface area contributed by atoms with E-state index < -0.39 is 0 Å². The van der Waals surface area contributed by atoms with Crippen LogP contribution >= 0.6 is 12.4 Å². The molecule has 0 fully saturated rings. The van der Waals surface area contributed by atoms with Gasteiger partial charge in [-0.1, -0.05) is 19.1 Å². The van der Waals surface area contributed by atoms with Gasteiger partial charge in [0.05, 0.1) is 7.11 Å². The fraction of sp³-hybridized carbons (Fsp3) is 0.429. The van der Waals surface area contributed by atoms with Gasteiger partial charge in [-0.3, -0.25) is 0 Å². The summed E-state index contributed by atoms with van der Waals surface area (Å²) in [5, 5.41) is 3.21. The summed E-state index contributed by atoms with van der Waals surface area (Å²) in [4.78, 5) is 0. The van der Waals surface area contributed by atoms with Gasteiger partial charge in [0.1, 0.15) is 6.61 Å². The van der Waals surface area contributed by atoms with Crippen molar-refractivity contribution in [3.63, 3.8) is 0 Å². The minimum atomic E-state index is 0. The highest BCUT2D eigenvalue weighted by molar-refractivity contribution is 5.85. The molecule has 1 N–H and O–H groups in total. The lowest BCUT2D eigenvalue weighted by molar-refractivity contribution is 0.293. The number of allylic oxidation sites excluding steroid dienone is 1. The molecule has 3 nitrogen and oxygen atoms in total. The number of methoxy groups -OCH3 is 1. The van der Waals surface area contributed by atoms with Gasteiger partial charge in [0.15, 0.2) is 11.5 Å². The number of likely N-dealkylation sites (N-methyl/N-ethyl adjacent to an activating group) is 1. The van der Waals surface area contributed by atoms with E-state index in [-0.39, 0.29) is 12.4 Å². The Morgan fingerprint density at radius 3 is 2.72 bits per heavy atom. The standard InChI is InChI=1S/C14H21NO2.ClH/c1-4-6-12-7-8-13(14(11-12)16-3)17-10-9-15-5-2;/h4,7-8,11,15H,1,5-6,9-10H2,2-3H3;1H. The molecule has 0 unspecified atom stereocenters. The van der Waals surface area contributed by atoms with Gasteiger partial charge >= 0.3 is 0 Å². The number of hydrogen-bond donors (Lipinski definition) is 1. The van der Waals surface area contributed by atoms with Crippen LogP contribution in [0.5, 0.6) is 11.5 Å². The summed E-state index contributed by atoms with van der Waals surface area (Å²) in [5.74, 6) is 1.57. The third kappa shape index (κ3) is 5.43. The Bertz CT molecular complexity index is 356. The molecule has 1 aromatic carbocycles. The summed E-state index contributed by atoms with van der Waals surface area (Å²) in [6.07, 6.45) is 2.72. The third-order valence-electron chi connectivity index (χ3n) is 2.39. The van der Waals surface area contributed by atoms with Crippen LogP contribution in [-0.2, 0) is 6.42 Å². The van der Waals surface area contributed by atoms with Gasteiger partial charge in [-0.15, -0.1) is 19.0 Å². The first-order chi connectivity index (χ1) is 8.31. The second-order valence-corrected chi connectivity index (χ2v) is 3.68. The van der Waals surface area contributed by atoms with Crippen LogP contribution in [-0.4, -0.2) is 26.8 Å². The maximum atomic E-state index is 5.65. The van der Waals surface area contributed by atoms with Crippen molar-refractivity contribution in [2.45, 2.75) is 13.3 Å². The van der Waals surface area contributed by atoms with Crippen molar-refractivity contribution in [2.75, 3.05) is 26.8 Å². The van der Waals surface area contributed by atoms with Gasteiger partial charge in [0.2, 0.25) is 0 Å². The predicted molar refractivity (Wildman–Crippen MR) is 78.2 cm³/mol. The molecule has 0 atom stereocenters. The Morgan fingerprint density at radius 1 is 1.33 bits per heavy atom. The number of benzene rings is 1. The van der Waals surface area contributed by atoms with E-state index in [0.717, 1.165) is 31.0 Å². The van der Waals surface area contributed by atoms with Crippen LogP contribution in [0.3, 0.4) is 0 Å². The topological polar surface area (TPSA) is 30.5 Å². The normalized spacial score (nSPS) is 9.44. The summed E-state index contributed by atoms with van der Waals surface area (Å²) >= 11 is 0. The number of nitrogens with one attached hydrogen (secondary N) is 1. The number of hydrogen-bond acceptors (Lipinski definition) is 3. The molecule has 1 aromatic rings. The molecule has 4 heteroatoms. The lowest BCUT2D eigenvalue weighted by atomic mass is 10.1. The molecule has 102 valence electrons. The molecule has 1 rings (SSSR count). The molecule has 0 aromatic heterocycles. The molecule has 0 saturated carbocycles. The fourth-order valence-electron chi connectivity index (χ4n) is 1.53. The van der Waals surface area contributed by atoms with Crippen LogP contribution in [0.4, 0.5) is 0 Å². The minimum absolute atomic E-state index is 0. The number of rotatable bonds is 8. The molecule has 0 saturated heterocycles. The molecular weight excluding hydrogens is 250 g/mol. The first kappa shape index (κ1) is 16.8. The Labute approximate surface area is 116 Å². The highest BCUT2D eigenvalue weighted by atomic mass is 35.5. The zero-order valence-electron chi connectivity index (χ0n) is 11.1. The Hall–Kier alpha value is -1.19. The van der Waals surface area contributed by atoms with E-state index in [1.165, 1.54) is 5.56 Å². The van der Waals surface area contributed by atoms with E-state index in [1.807, 2.05) is 24.3 Å². The average molecular weight is 272 g/mol. The second kappa shape index (κ2) is 9.80. The molecule has 0 spiro atoms. The van der Waals surface area contributed by atoms with E-state index >= 15 is 0 Å². The van der Waals surface area contributed by atoms with Gasteiger partial charge < -0.3 is 14.8 Å². The van der Waals surface area contributed by atoms with Crippen molar-refractivity contribution < 1.29 is 9.47 Å². The van der Waals surface area contributed by atoms with Crippen molar-refractivity contribution in [1.29, 1.82) is 0 Å². The summed E-state index contributed by atoms with van der Waals surface area (Å²) in [6.45, 7) is 8.24. The smallest absolute Gasteiger partial charge is 0.161 e.